The van der Waals surface area contributed by atoms with Crippen LogP contribution in [0.1, 0.15) is 42.7 Å². The lowest BCUT2D eigenvalue weighted by molar-refractivity contribution is -0.136. The molecule has 1 N–H and O–H groups in total. The van der Waals surface area contributed by atoms with E-state index in [2.05, 4.69) is 17.1 Å². The van der Waals surface area contributed by atoms with Gasteiger partial charge in [0.25, 0.3) is 5.91 Å². The molecular formula is C24H28ClF2N3O2. The van der Waals surface area contributed by atoms with Crippen molar-refractivity contribution >= 4 is 23.4 Å². The molecular weight excluding hydrogens is 436 g/mol. The van der Waals surface area contributed by atoms with Crippen molar-refractivity contribution in [2.24, 2.45) is 5.92 Å². The number of nitrogens with one attached hydrogen (secondary N) is 1. The standard InChI is InChI=1S/C24H28ClF2N3O2/c1-15(2)22(28-23(31)21-19(26)9-6-10-20(21)27)24(32)30-13-11-29(12-14-30)16(3)17-7-4-5-8-18(17)25/h4-10,15-16,22H,11-14H2,1-3H3,(H,28,31)/t16?,22-/m0/s1. The van der Waals surface area contributed by atoms with Crippen molar-refractivity contribution in [2.75, 3.05) is 26.2 Å². The molecule has 0 aromatic heterocycles. The lowest BCUT2D eigenvalue weighted by Crippen LogP contribution is -2.56. The molecule has 2 aromatic rings. The molecule has 0 radical (unpaired) electrons. The maximum atomic E-state index is 14.0. The van der Waals surface area contributed by atoms with E-state index in [0.717, 1.165) is 17.7 Å². The molecule has 1 fully saturated rings. The Morgan fingerprint density at radius 1 is 0.938 bits per heavy atom. The fourth-order valence-electron chi connectivity index (χ4n) is 3.98. The van der Waals surface area contributed by atoms with E-state index < -0.39 is 29.1 Å². The normalized spacial score (nSPS) is 16.7. The predicted molar refractivity (Wildman–Crippen MR) is 120 cm³/mol. The number of carbonyl (C=O) groups is 2. The fourth-order valence-corrected chi connectivity index (χ4v) is 4.27. The average Bonchev–Trinajstić information content (AvgIpc) is 2.76. The Kier molecular flexibility index (Phi) is 7.85. The minimum atomic E-state index is -0.959. The highest BCUT2D eigenvalue weighted by atomic mass is 35.5. The summed E-state index contributed by atoms with van der Waals surface area (Å²) < 4.78 is 28.0. The van der Waals surface area contributed by atoms with Crippen molar-refractivity contribution in [3.8, 4) is 0 Å². The SMILES string of the molecule is CC(C)[C@H](NC(=O)c1c(F)cccc1F)C(=O)N1CCN(C(C)c2ccccc2Cl)CC1. The first-order chi connectivity index (χ1) is 15.2. The fraction of sp³-hybridized carbons (Fsp3) is 0.417. The summed E-state index contributed by atoms with van der Waals surface area (Å²) in [6, 6.07) is 10.1. The third-order valence-corrected chi connectivity index (χ3v) is 6.28. The molecule has 1 aliphatic rings. The van der Waals surface area contributed by atoms with Crippen LogP contribution in [-0.2, 0) is 4.79 Å². The molecule has 1 unspecified atom stereocenters. The van der Waals surface area contributed by atoms with Crippen molar-refractivity contribution in [1.82, 2.24) is 15.1 Å². The summed E-state index contributed by atoms with van der Waals surface area (Å²) in [4.78, 5) is 29.6. The molecule has 0 bridgehead atoms. The molecule has 172 valence electrons. The molecule has 0 aliphatic carbocycles. The van der Waals surface area contributed by atoms with Gasteiger partial charge in [0.15, 0.2) is 0 Å². The van der Waals surface area contributed by atoms with Crippen LogP contribution in [0.5, 0.6) is 0 Å². The summed E-state index contributed by atoms with van der Waals surface area (Å²) in [6.07, 6.45) is 0. The van der Waals surface area contributed by atoms with Gasteiger partial charge in [-0.3, -0.25) is 14.5 Å². The van der Waals surface area contributed by atoms with Gasteiger partial charge < -0.3 is 10.2 Å². The van der Waals surface area contributed by atoms with Crippen molar-refractivity contribution in [3.63, 3.8) is 0 Å². The summed E-state index contributed by atoms with van der Waals surface area (Å²) in [5.41, 5.74) is 0.359. The lowest BCUT2D eigenvalue weighted by atomic mass is 10.0. The van der Waals surface area contributed by atoms with Crippen LogP contribution < -0.4 is 5.32 Å². The highest BCUT2D eigenvalue weighted by molar-refractivity contribution is 6.31. The summed E-state index contributed by atoms with van der Waals surface area (Å²) >= 11 is 6.33. The zero-order valence-corrected chi connectivity index (χ0v) is 19.2. The van der Waals surface area contributed by atoms with E-state index in [1.165, 1.54) is 6.07 Å². The second-order valence-electron chi connectivity index (χ2n) is 8.35. The maximum Gasteiger partial charge on any atom is 0.257 e. The Hall–Kier alpha value is -2.51. The predicted octanol–water partition coefficient (Wildman–Crippen LogP) is 4.28. The second kappa shape index (κ2) is 10.4. The van der Waals surface area contributed by atoms with Crippen LogP contribution in [0.4, 0.5) is 8.78 Å². The van der Waals surface area contributed by atoms with E-state index in [-0.39, 0.29) is 17.9 Å². The van der Waals surface area contributed by atoms with Gasteiger partial charge in [0, 0.05) is 37.2 Å². The Morgan fingerprint density at radius 2 is 1.53 bits per heavy atom. The number of hydrogen-bond donors (Lipinski definition) is 1. The van der Waals surface area contributed by atoms with E-state index in [1.54, 1.807) is 18.7 Å². The van der Waals surface area contributed by atoms with Crippen molar-refractivity contribution in [3.05, 3.63) is 70.2 Å². The third-order valence-electron chi connectivity index (χ3n) is 5.94. The van der Waals surface area contributed by atoms with E-state index in [4.69, 9.17) is 11.6 Å². The highest BCUT2D eigenvalue weighted by Crippen LogP contribution is 2.28. The third kappa shape index (κ3) is 5.27. The first-order valence-electron chi connectivity index (χ1n) is 10.7. The zero-order valence-electron chi connectivity index (χ0n) is 18.4. The quantitative estimate of drug-likeness (QED) is 0.695. The monoisotopic (exact) mass is 463 g/mol. The molecule has 32 heavy (non-hydrogen) atoms. The van der Waals surface area contributed by atoms with Gasteiger partial charge in [0.1, 0.15) is 23.2 Å². The molecule has 1 aliphatic heterocycles. The number of amides is 2. The van der Waals surface area contributed by atoms with Gasteiger partial charge in [-0.15, -0.1) is 0 Å². The molecule has 8 heteroatoms. The number of hydrogen-bond acceptors (Lipinski definition) is 3. The number of rotatable bonds is 6. The van der Waals surface area contributed by atoms with Crippen LogP contribution in [0.3, 0.4) is 0 Å². The summed E-state index contributed by atoms with van der Waals surface area (Å²) in [6.45, 7) is 7.94. The molecule has 2 amide bonds. The Bertz CT molecular complexity index is 957. The number of piperazine rings is 1. The van der Waals surface area contributed by atoms with Crippen LogP contribution in [-0.4, -0.2) is 53.8 Å². The van der Waals surface area contributed by atoms with Gasteiger partial charge >= 0.3 is 0 Å². The molecule has 1 saturated heterocycles. The molecule has 1 heterocycles. The van der Waals surface area contributed by atoms with E-state index in [1.807, 2.05) is 24.3 Å². The minimum absolute atomic E-state index is 0.102. The number of halogens is 3. The van der Waals surface area contributed by atoms with Gasteiger partial charge in [-0.05, 0) is 36.6 Å². The van der Waals surface area contributed by atoms with Gasteiger partial charge in [-0.1, -0.05) is 49.7 Å². The van der Waals surface area contributed by atoms with E-state index in [9.17, 15) is 18.4 Å². The Labute approximate surface area is 192 Å². The lowest BCUT2D eigenvalue weighted by Gasteiger charge is -2.40. The van der Waals surface area contributed by atoms with Crippen LogP contribution in [0.2, 0.25) is 5.02 Å². The molecule has 0 saturated carbocycles. The van der Waals surface area contributed by atoms with Crippen LogP contribution in [0, 0.1) is 17.6 Å². The molecule has 5 nitrogen and oxygen atoms in total. The van der Waals surface area contributed by atoms with Crippen molar-refractivity contribution in [1.29, 1.82) is 0 Å². The van der Waals surface area contributed by atoms with Crippen molar-refractivity contribution in [2.45, 2.75) is 32.9 Å². The number of benzene rings is 2. The Balaban J connectivity index is 1.65. The largest absolute Gasteiger partial charge is 0.340 e. The minimum Gasteiger partial charge on any atom is -0.340 e. The Morgan fingerprint density at radius 3 is 2.09 bits per heavy atom. The first-order valence-corrected chi connectivity index (χ1v) is 11.1. The summed E-state index contributed by atoms with van der Waals surface area (Å²) in [5, 5.41) is 3.25. The van der Waals surface area contributed by atoms with Gasteiger partial charge in [0.05, 0.1) is 0 Å². The van der Waals surface area contributed by atoms with Gasteiger partial charge in [0.2, 0.25) is 5.91 Å². The summed E-state index contributed by atoms with van der Waals surface area (Å²) in [5.74, 6) is -3.35. The first kappa shape index (κ1) is 24.1. The van der Waals surface area contributed by atoms with Crippen LogP contribution >= 0.6 is 11.6 Å². The number of carbonyl (C=O) groups excluding carboxylic acids is 2. The number of nitrogens with zero attached hydrogens (tertiary/aromatic N) is 2. The highest BCUT2D eigenvalue weighted by Gasteiger charge is 2.33. The second-order valence-corrected chi connectivity index (χ2v) is 8.76. The van der Waals surface area contributed by atoms with Crippen LogP contribution in [0.15, 0.2) is 42.5 Å². The molecule has 3 rings (SSSR count). The van der Waals surface area contributed by atoms with E-state index >= 15 is 0 Å². The van der Waals surface area contributed by atoms with Crippen molar-refractivity contribution < 1.29 is 18.4 Å². The van der Waals surface area contributed by atoms with E-state index in [0.29, 0.717) is 31.2 Å². The van der Waals surface area contributed by atoms with Gasteiger partial charge in [-0.25, -0.2) is 8.78 Å². The average molecular weight is 464 g/mol. The van der Waals surface area contributed by atoms with Gasteiger partial charge in [-0.2, -0.15) is 0 Å². The smallest absolute Gasteiger partial charge is 0.257 e. The maximum absolute atomic E-state index is 14.0. The molecule has 2 atom stereocenters. The molecule has 0 spiro atoms. The molecule has 2 aromatic carbocycles. The topological polar surface area (TPSA) is 52.7 Å². The summed E-state index contributed by atoms with van der Waals surface area (Å²) in [7, 11) is 0. The zero-order chi connectivity index (χ0) is 23.4. The van der Waals surface area contributed by atoms with Crippen LogP contribution in [0.25, 0.3) is 0 Å².